The first-order valence-electron chi connectivity index (χ1n) is 6.66. The van der Waals surface area contributed by atoms with Crippen molar-refractivity contribution in [1.29, 1.82) is 0 Å². The zero-order valence-electron chi connectivity index (χ0n) is 12.2. The molecular weight excluding hydrogens is 332 g/mol. The summed E-state index contributed by atoms with van der Waals surface area (Å²) in [6.07, 6.45) is -7.48. The molecule has 12 heteroatoms. The number of nitrogens with one attached hydrogen (secondary N) is 2. The Morgan fingerprint density at radius 2 is 1.25 bits per heavy atom. The van der Waals surface area contributed by atoms with Gasteiger partial charge in [0, 0.05) is 6.92 Å². The SMILES string of the molecule is CC(OC(=O)OC1CC(=O)NC1=O)OC(=O)OC1CC(=O)NC1=O. The molecule has 0 spiro atoms. The second kappa shape index (κ2) is 6.93. The minimum atomic E-state index is -1.47. The van der Waals surface area contributed by atoms with Gasteiger partial charge in [-0.1, -0.05) is 0 Å². The van der Waals surface area contributed by atoms with Crippen LogP contribution in [0.25, 0.3) is 0 Å². The Morgan fingerprint density at radius 3 is 1.54 bits per heavy atom. The number of hydrogen-bond acceptors (Lipinski definition) is 10. The topological polar surface area (TPSA) is 163 Å². The summed E-state index contributed by atoms with van der Waals surface area (Å²) >= 11 is 0. The van der Waals surface area contributed by atoms with E-state index in [-0.39, 0.29) is 12.8 Å². The van der Waals surface area contributed by atoms with E-state index in [4.69, 9.17) is 0 Å². The smallest absolute Gasteiger partial charge is 0.420 e. The fraction of sp³-hybridized carbons (Fsp3) is 0.500. The van der Waals surface area contributed by atoms with E-state index in [1.54, 1.807) is 0 Å². The summed E-state index contributed by atoms with van der Waals surface area (Å²) in [5.74, 6) is -2.78. The van der Waals surface area contributed by atoms with Crippen LogP contribution in [0.15, 0.2) is 0 Å². The molecule has 2 heterocycles. The van der Waals surface area contributed by atoms with E-state index in [2.05, 4.69) is 18.9 Å². The van der Waals surface area contributed by atoms with Gasteiger partial charge in [0.15, 0.2) is 12.2 Å². The van der Waals surface area contributed by atoms with Gasteiger partial charge in [-0.05, 0) is 0 Å². The Hall–Kier alpha value is -3.18. The third kappa shape index (κ3) is 4.41. The summed E-state index contributed by atoms with van der Waals surface area (Å²) in [6.45, 7) is 1.14. The van der Waals surface area contributed by atoms with Gasteiger partial charge in [0.05, 0.1) is 12.8 Å². The van der Waals surface area contributed by atoms with Crippen molar-refractivity contribution in [3.05, 3.63) is 0 Å². The number of imide groups is 2. The highest BCUT2D eigenvalue weighted by Crippen LogP contribution is 2.11. The van der Waals surface area contributed by atoms with Gasteiger partial charge in [-0.2, -0.15) is 0 Å². The second-order valence-corrected chi connectivity index (χ2v) is 4.75. The highest BCUT2D eigenvalue weighted by molar-refractivity contribution is 6.06. The van der Waals surface area contributed by atoms with E-state index >= 15 is 0 Å². The molecule has 0 bridgehead atoms. The molecule has 4 amide bonds. The number of amides is 4. The van der Waals surface area contributed by atoms with Gasteiger partial charge in [0.2, 0.25) is 11.8 Å². The van der Waals surface area contributed by atoms with Crippen LogP contribution in [0.1, 0.15) is 19.8 Å². The minimum Gasteiger partial charge on any atom is -0.420 e. The normalized spacial score (nSPS) is 24.0. The molecule has 130 valence electrons. The Labute approximate surface area is 133 Å². The fourth-order valence-electron chi connectivity index (χ4n) is 1.83. The van der Waals surface area contributed by atoms with Crippen LogP contribution >= 0.6 is 0 Å². The van der Waals surface area contributed by atoms with Gasteiger partial charge in [0.25, 0.3) is 18.1 Å². The molecular formula is C12H12N2O10. The lowest BCUT2D eigenvalue weighted by atomic mass is 10.3. The summed E-state index contributed by atoms with van der Waals surface area (Å²) in [6, 6.07) is 0. The first-order chi connectivity index (χ1) is 11.2. The second-order valence-electron chi connectivity index (χ2n) is 4.75. The number of hydrogen-bond donors (Lipinski definition) is 2. The van der Waals surface area contributed by atoms with E-state index < -0.39 is 54.4 Å². The molecule has 2 saturated heterocycles. The van der Waals surface area contributed by atoms with Gasteiger partial charge in [-0.3, -0.25) is 29.8 Å². The molecule has 24 heavy (non-hydrogen) atoms. The van der Waals surface area contributed by atoms with Crippen LogP contribution < -0.4 is 10.6 Å². The Bertz CT molecular complexity index is 563. The lowest BCUT2D eigenvalue weighted by Gasteiger charge is -2.16. The summed E-state index contributed by atoms with van der Waals surface area (Å²) < 4.78 is 18.2. The van der Waals surface area contributed by atoms with Crippen molar-refractivity contribution in [3.8, 4) is 0 Å². The molecule has 2 atom stereocenters. The minimum absolute atomic E-state index is 0.337. The van der Waals surface area contributed by atoms with Gasteiger partial charge in [-0.15, -0.1) is 0 Å². The van der Waals surface area contributed by atoms with Crippen molar-refractivity contribution in [2.75, 3.05) is 0 Å². The van der Waals surface area contributed by atoms with E-state index in [1.807, 2.05) is 10.6 Å². The zero-order valence-corrected chi connectivity index (χ0v) is 12.2. The first kappa shape index (κ1) is 17.2. The molecule has 0 aromatic rings. The van der Waals surface area contributed by atoms with Crippen LogP contribution in [0, 0.1) is 0 Å². The maximum absolute atomic E-state index is 11.4. The average molecular weight is 344 g/mol. The molecule has 2 unspecified atom stereocenters. The van der Waals surface area contributed by atoms with Crippen molar-refractivity contribution in [3.63, 3.8) is 0 Å². The molecule has 2 aliphatic rings. The summed E-state index contributed by atoms with van der Waals surface area (Å²) in [7, 11) is 0. The Morgan fingerprint density at radius 1 is 0.875 bits per heavy atom. The lowest BCUT2D eigenvalue weighted by Crippen LogP contribution is -2.32. The van der Waals surface area contributed by atoms with E-state index in [1.165, 1.54) is 0 Å². The first-order valence-corrected chi connectivity index (χ1v) is 6.66. The lowest BCUT2D eigenvalue weighted by molar-refractivity contribution is -0.136. The van der Waals surface area contributed by atoms with Gasteiger partial charge in [-0.25, -0.2) is 9.59 Å². The molecule has 0 aromatic carbocycles. The molecule has 0 aromatic heterocycles. The van der Waals surface area contributed by atoms with Crippen molar-refractivity contribution < 1.29 is 47.7 Å². The quantitative estimate of drug-likeness (QED) is 0.347. The predicted octanol–water partition coefficient (Wildman–Crippen LogP) is -1.53. The van der Waals surface area contributed by atoms with Crippen molar-refractivity contribution in [2.24, 2.45) is 0 Å². The summed E-state index contributed by atoms with van der Waals surface area (Å²) in [4.78, 5) is 67.1. The molecule has 0 radical (unpaired) electrons. The molecule has 0 aliphatic carbocycles. The summed E-state index contributed by atoms with van der Waals surface area (Å²) in [5, 5.41) is 3.85. The monoisotopic (exact) mass is 344 g/mol. The van der Waals surface area contributed by atoms with Crippen LogP contribution in [0.2, 0.25) is 0 Å². The van der Waals surface area contributed by atoms with Crippen molar-refractivity contribution >= 4 is 35.9 Å². The fourth-order valence-corrected chi connectivity index (χ4v) is 1.83. The highest BCUT2D eigenvalue weighted by atomic mass is 16.8. The number of carbonyl (C=O) groups is 6. The number of ether oxygens (including phenoxy) is 4. The standard InChI is InChI=1S/C12H12N2O10/c1-4(21-11(19)23-5-2-7(15)13-9(5)17)22-12(20)24-6-3-8(16)14-10(6)18/h4-6H,2-3H2,1H3,(H,13,15,17)(H,14,16,18). The zero-order chi connectivity index (χ0) is 17.9. The number of carbonyl (C=O) groups excluding carboxylic acids is 6. The van der Waals surface area contributed by atoms with Crippen LogP contribution in [-0.2, 0) is 38.1 Å². The maximum atomic E-state index is 11.4. The van der Waals surface area contributed by atoms with Crippen molar-refractivity contribution in [1.82, 2.24) is 10.6 Å². The predicted molar refractivity (Wildman–Crippen MR) is 67.7 cm³/mol. The number of rotatable bonds is 4. The third-order valence-corrected chi connectivity index (χ3v) is 2.85. The van der Waals surface area contributed by atoms with Crippen LogP contribution in [0.4, 0.5) is 9.59 Å². The molecule has 2 N–H and O–H groups in total. The largest absolute Gasteiger partial charge is 0.512 e. The molecule has 2 rings (SSSR count). The maximum Gasteiger partial charge on any atom is 0.512 e. The summed E-state index contributed by atoms with van der Waals surface area (Å²) in [5.41, 5.74) is 0. The molecule has 0 saturated carbocycles. The van der Waals surface area contributed by atoms with Crippen LogP contribution in [0.3, 0.4) is 0 Å². The Kier molecular flexibility index (Phi) is 4.96. The molecule has 2 aliphatic heterocycles. The van der Waals surface area contributed by atoms with Crippen LogP contribution in [-0.4, -0.2) is 54.4 Å². The highest BCUT2D eigenvalue weighted by Gasteiger charge is 2.36. The average Bonchev–Trinajstić information content (AvgIpc) is 2.90. The van der Waals surface area contributed by atoms with Gasteiger partial charge in [0.1, 0.15) is 0 Å². The Balaban J connectivity index is 1.73. The van der Waals surface area contributed by atoms with E-state index in [9.17, 15) is 28.8 Å². The van der Waals surface area contributed by atoms with Crippen LogP contribution in [0.5, 0.6) is 0 Å². The van der Waals surface area contributed by atoms with E-state index in [0.717, 1.165) is 6.92 Å². The molecule has 2 fully saturated rings. The van der Waals surface area contributed by atoms with Gasteiger partial charge >= 0.3 is 12.3 Å². The van der Waals surface area contributed by atoms with Crippen molar-refractivity contribution in [2.45, 2.75) is 38.3 Å². The molecule has 12 nitrogen and oxygen atoms in total. The van der Waals surface area contributed by atoms with Gasteiger partial charge < -0.3 is 18.9 Å². The third-order valence-electron chi connectivity index (χ3n) is 2.85. The van der Waals surface area contributed by atoms with E-state index in [0.29, 0.717) is 0 Å².